The molecule has 0 aliphatic rings. The molecule has 1 amide bonds. The van der Waals surface area contributed by atoms with Gasteiger partial charge in [-0.2, -0.15) is 9.90 Å². The van der Waals surface area contributed by atoms with Gasteiger partial charge in [0, 0.05) is 12.6 Å². The molecule has 2 aromatic rings. The van der Waals surface area contributed by atoms with Gasteiger partial charge in [0.05, 0.1) is 17.5 Å². The van der Waals surface area contributed by atoms with E-state index >= 15 is 0 Å². The van der Waals surface area contributed by atoms with Gasteiger partial charge in [-0.3, -0.25) is 4.79 Å². The minimum absolute atomic E-state index is 0.0927. The molecule has 0 saturated carbocycles. The molecule has 0 spiro atoms. The van der Waals surface area contributed by atoms with E-state index in [1.165, 1.54) is 35.3 Å². The molecule has 6 nitrogen and oxygen atoms in total. The second-order valence-corrected chi connectivity index (χ2v) is 6.33. The largest absolute Gasteiger partial charge is 0.389 e. The number of benzene rings is 1. The summed E-state index contributed by atoms with van der Waals surface area (Å²) in [5.41, 5.74) is -0.274. The number of halogens is 1. The SMILES string of the molecule is CC(C)N(CC(C)(C)O)C(=O)c1cnn(-c2ccc(F)cc2)n1. The number of hydrogen-bond donors (Lipinski definition) is 1. The molecule has 0 atom stereocenters. The van der Waals surface area contributed by atoms with Gasteiger partial charge in [0.2, 0.25) is 0 Å². The normalized spacial score (nSPS) is 11.8. The van der Waals surface area contributed by atoms with E-state index in [1.54, 1.807) is 18.7 Å². The Labute approximate surface area is 134 Å². The first kappa shape index (κ1) is 17.1. The predicted octanol–water partition coefficient (Wildman–Crippen LogP) is 2.03. The Kier molecular flexibility index (Phi) is 4.79. The summed E-state index contributed by atoms with van der Waals surface area (Å²) >= 11 is 0. The number of aliphatic hydroxyl groups is 1. The third kappa shape index (κ3) is 4.35. The molecule has 2 rings (SSSR count). The van der Waals surface area contributed by atoms with E-state index in [0.29, 0.717) is 5.69 Å². The Hall–Kier alpha value is -2.28. The van der Waals surface area contributed by atoms with E-state index in [0.717, 1.165) is 0 Å². The maximum atomic E-state index is 13.0. The van der Waals surface area contributed by atoms with E-state index in [-0.39, 0.29) is 30.0 Å². The highest BCUT2D eigenvalue weighted by molar-refractivity contribution is 5.92. The monoisotopic (exact) mass is 320 g/mol. The zero-order chi connectivity index (χ0) is 17.2. The van der Waals surface area contributed by atoms with Crippen molar-refractivity contribution < 1.29 is 14.3 Å². The van der Waals surface area contributed by atoms with Gasteiger partial charge >= 0.3 is 0 Å². The highest BCUT2D eigenvalue weighted by atomic mass is 19.1. The maximum absolute atomic E-state index is 13.0. The summed E-state index contributed by atoms with van der Waals surface area (Å²) in [5.74, 6) is -0.663. The van der Waals surface area contributed by atoms with Gasteiger partial charge in [0.15, 0.2) is 5.69 Å². The van der Waals surface area contributed by atoms with Crippen molar-refractivity contribution in [2.24, 2.45) is 0 Å². The first-order valence-electron chi connectivity index (χ1n) is 7.39. The van der Waals surface area contributed by atoms with Crippen LogP contribution in [-0.2, 0) is 0 Å². The summed E-state index contributed by atoms with van der Waals surface area (Å²) < 4.78 is 13.0. The molecule has 1 heterocycles. The molecule has 0 aliphatic carbocycles. The molecule has 0 saturated heterocycles. The van der Waals surface area contributed by atoms with Crippen LogP contribution < -0.4 is 0 Å². The smallest absolute Gasteiger partial charge is 0.276 e. The van der Waals surface area contributed by atoms with Gasteiger partial charge in [0.25, 0.3) is 5.91 Å². The van der Waals surface area contributed by atoms with Crippen molar-refractivity contribution in [3.05, 3.63) is 42.0 Å². The molecule has 1 aromatic carbocycles. The van der Waals surface area contributed by atoms with Crippen LogP contribution >= 0.6 is 0 Å². The Morgan fingerprint density at radius 1 is 1.35 bits per heavy atom. The molecule has 1 aromatic heterocycles. The highest BCUT2D eigenvalue weighted by Gasteiger charge is 2.27. The number of carbonyl (C=O) groups is 1. The summed E-state index contributed by atoms with van der Waals surface area (Å²) in [4.78, 5) is 15.4. The Balaban J connectivity index is 2.24. The average Bonchev–Trinajstić information content (AvgIpc) is 2.93. The highest BCUT2D eigenvalue weighted by Crippen LogP contribution is 2.13. The van der Waals surface area contributed by atoms with E-state index in [1.807, 2.05) is 13.8 Å². The molecule has 0 fully saturated rings. The number of carbonyl (C=O) groups excluding carboxylic acids is 1. The number of aromatic nitrogens is 3. The van der Waals surface area contributed by atoms with Crippen LogP contribution in [0.1, 0.15) is 38.2 Å². The fraction of sp³-hybridized carbons (Fsp3) is 0.438. The van der Waals surface area contributed by atoms with E-state index < -0.39 is 5.60 Å². The van der Waals surface area contributed by atoms with Crippen molar-refractivity contribution in [1.82, 2.24) is 19.9 Å². The van der Waals surface area contributed by atoms with Gasteiger partial charge in [0.1, 0.15) is 5.82 Å². The quantitative estimate of drug-likeness (QED) is 0.915. The van der Waals surface area contributed by atoms with Crippen LogP contribution in [0.25, 0.3) is 5.69 Å². The zero-order valence-electron chi connectivity index (χ0n) is 13.7. The third-order valence-corrected chi connectivity index (χ3v) is 3.21. The van der Waals surface area contributed by atoms with Crippen LogP contribution in [0.5, 0.6) is 0 Å². The number of nitrogens with zero attached hydrogens (tertiary/aromatic N) is 4. The second kappa shape index (κ2) is 6.45. The van der Waals surface area contributed by atoms with Crippen molar-refractivity contribution in [1.29, 1.82) is 0 Å². The fourth-order valence-corrected chi connectivity index (χ4v) is 2.11. The summed E-state index contributed by atoms with van der Waals surface area (Å²) in [6.07, 6.45) is 1.37. The van der Waals surface area contributed by atoms with Gasteiger partial charge in [-0.15, -0.1) is 5.10 Å². The fourth-order valence-electron chi connectivity index (χ4n) is 2.11. The molecule has 0 aliphatic heterocycles. The summed E-state index contributed by atoms with van der Waals surface area (Å²) in [6.45, 7) is 7.21. The van der Waals surface area contributed by atoms with Crippen LogP contribution in [0.3, 0.4) is 0 Å². The second-order valence-electron chi connectivity index (χ2n) is 6.33. The lowest BCUT2D eigenvalue weighted by atomic mass is 10.1. The van der Waals surface area contributed by atoms with Crippen molar-refractivity contribution in [3.63, 3.8) is 0 Å². The average molecular weight is 320 g/mol. The summed E-state index contributed by atoms with van der Waals surface area (Å²) in [7, 11) is 0. The van der Waals surface area contributed by atoms with Crippen molar-refractivity contribution >= 4 is 5.91 Å². The molecule has 7 heteroatoms. The van der Waals surface area contributed by atoms with Crippen LogP contribution in [0.2, 0.25) is 0 Å². The topological polar surface area (TPSA) is 71.2 Å². The van der Waals surface area contributed by atoms with Crippen molar-refractivity contribution in [3.8, 4) is 5.69 Å². The Morgan fingerprint density at radius 3 is 2.48 bits per heavy atom. The van der Waals surface area contributed by atoms with E-state index in [2.05, 4.69) is 10.2 Å². The molecular weight excluding hydrogens is 299 g/mol. The number of hydrogen-bond acceptors (Lipinski definition) is 4. The lowest BCUT2D eigenvalue weighted by molar-refractivity contribution is 0.0219. The van der Waals surface area contributed by atoms with Gasteiger partial charge in [-0.05, 0) is 52.0 Å². The van der Waals surface area contributed by atoms with Crippen LogP contribution in [0.4, 0.5) is 4.39 Å². The Bertz CT molecular complexity index is 674. The van der Waals surface area contributed by atoms with Gasteiger partial charge in [-0.1, -0.05) is 0 Å². The summed E-state index contributed by atoms with van der Waals surface area (Å²) in [5, 5.41) is 18.2. The first-order valence-corrected chi connectivity index (χ1v) is 7.39. The molecule has 0 bridgehead atoms. The van der Waals surface area contributed by atoms with Crippen LogP contribution in [0, 0.1) is 5.82 Å². The predicted molar refractivity (Wildman–Crippen MR) is 83.8 cm³/mol. The van der Waals surface area contributed by atoms with Crippen LogP contribution in [-0.4, -0.2) is 49.1 Å². The van der Waals surface area contributed by atoms with Crippen LogP contribution in [0.15, 0.2) is 30.5 Å². The summed E-state index contributed by atoms with van der Waals surface area (Å²) in [6, 6.07) is 5.57. The molecule has 0 unspecified atom stereocenters. The molecule has 1 N–H and O–H groups in total. The molecular formula is C16H21FN4O2. The maximum Gasteiger partial charge on any atom is 0.276 e. The number of amides is 1. The standard InChI is InChI=1S/C16H21FN4O2/c1-11(2)20(10-16(3,4)23)15(22)14-9-18-21(19-14)13-7-5-12(17)6-8-13/h5-9,11,23H,10H2,1-4H3. The number of rotatable bonds is 5. The van der Waals surface area contributed by atoms with E-state index in [9.17, 15) is 14.3 Å². The molecule has 23 heavy (non-hydrogen) atoms. The van der Waals surface area contributed by atoms with E-state index in [4.69, 9.17) is 0 Å². The van der Waals surface area contributed by atoms with Crippen molar-refractivity contribution in [2.45, 2.75) is 39.3 Å². The van der Waals surface area contributed by atoms with Gasteiger partial charge in [-0.25, -0.2) is 4.39 Å². The molecule has 0 radical (unpaired) electrons. The minimum Gasteiger partial charge on any atom is -0.389 e. The van der Waals surface area contributed by atoms with Crippen molar-refractivity contribution in [2.75, 3.05) is 6.54 Å². The first-order chi connectivity index (χ1) is 10.7. The lowest BCUT2D eigenvalue weighted by Gasteiger charge is -2.31. The Morgan fingerprint density at radius 2 is 1.96 bits per heavy atom. The lowest BCUT2D eigenvalue weighted by Crippen LogP contribution is -2.46. The third-order valence-electron chi connectivity index (χ3n) is 3.21. The van der Waals surface area contributed by atoms with Gasteiger partial charge < -0.3 is 10.0 Å². The minimum atomic E-state index is -1.01. The zero-order valence-corrected chi connectivity index (χ0v) is 13.7. The molecule has 124 valence electrons.